The molecule has 1 unspecified atom stereocenters. The van der Waals surface area contributed by atoms with E-state index in [9.17, 15) is 0 Å². The van der Waals surface area contributed by atoms with Crippen LogP contribution in [0, 0.1) is 0 Å². The predicted octanol–water partition coefficient (Wildman–Crippen LogP) is 1.50. The summed E-state index contributed by atoms with van der Waals surface area (Å²) in [5.41, 5.74) is 0. The lowest BCUT2D eigenvalue weighted by Crippen LogP contribution is -2.25. The number of hydrogen-bond acceptors (Lipinski definition) is 2. The summed E-state index contributed by atoms with van der Waals surface area (Å²) < 4.78 is 0.173. The third kappa shape index (κ3) is 1.56. The number of nitrogens with zero attached hydrogens (tertiary/aromatic N) is 2. The molecule has 9 heavy (non-hydrogen) atoms. The van der Waals surface area contributed by atoms with Crippen molar-refractivity contribution in [3.05, 3.63) is 0 Å². The predicted molar refractivity (Wildman–Crippen MR) is 48.2 cm³/mol. The van der Waals surface area contributed by atoms with Crippen molar-refractivity contribution in [1.82, 2.24) is 4.90 Å². The molecule has 0 amide bonds. The van der Waals surface area contributed by atoms with Gasteiger partial charge in [0.15, 0.2) is 0 Å². The largest absolute Gasteiger partial charge is 0.363 e. The molecule has 52 valence electrons. The molecule has 0 aromatic heterocycles. The molecule has 0 radical (unpaired) electrons. The van der Waals surface area contributed by atoms with Crippen molar-refractivity contribution in [2.45, 2.75) is 16.9 Å². The van der Waals surface area contributed by atoms with Crippen LogP contribution in [0.15, 0.2) is 4.99 Å². The van der Waals surface area contributed by atoms with Gasteiger partial charge in [-0.2, -0.15) is 0 Å². The lowest BCUT2D eigenvalue weighted by molar-refractivity contribution is 0.485. The highest BCUT2D eigenvalue weighted by Gasteiger charge is 2.27. The molecule has 0 aromatic carbocycles. The van der Waals surface area contributed by atoms with Crippen molar-refractivity contribution in [3.8, 4) is 0 Å². The molecule has 3 heteroatoms. The van der Waals surface area contributed by atoms with E-state index in [1.165, 1.54) is 0 Å². The van der Waals surface area contributed by atoms with Crippen molar-refractivity contribution in [3.63, 3.8) is 0 Å². The summed E-state index contributed by atoms with van der Waals surface area (Å²) in [7, 11) is 2.06. The molecule has 2 nitrogen and oxygen atoms in total. The first-order valence-corrected chi connectivity index (χ1v) is 4.19. The highest BCUT2D eigenvalue weighted by atomic mass is 127. The van der Waals surface area contributed by atoms with Crippen LogP contribution in [0.3, 0.4) is 0 Å². The zero-order valence-corrected chi connectivity index (χ0v) is 7.92. The van der Waals surface area contributed by atoms with Gasteiger partial charge in [0.25, 0.3) is 0 Å². The molecule has 0 bridgehead atoms. The Labute approximate surface area is 69.5 Å². The Hall–Kier alpha value is 0.200. The zero-order valence-electron chi connectivity index (χ0n) is 5.76. The molecule has 1 atom stereocenters. The molecule has 0 spiro atoms. The summed E-state index contributed by atoms with van der Waals surface area (Å²) in [4.78, 5) is 6.48. The van der Waals surface area contributed by atoms with Gasteiger partial charge >= 0.3 is 0 Å². The first-order chi connectivity index (χ1) is 4.16. The monoisotopic (exact) mass is 238 g/mol. The third-order valence-electron chi connectivity index (χ3n) is 1.52. The van der Waals surface area contributed by atoms with Crippen LogP contribution in [0.5, 0.6) is 0 Å². The van der Waals surface area contributed by atoms with E-state index in [4.69, 9.17) is 0 Å². The van der Waals surface area contributed by atoms with E-state index < -0.39 is 0 Å². The standard InChI is InChI=1S/C6H11IN2/c1-3-6(7)4-9(2)5-8-6/h5H,3-4H2,1-2H3. The van der Waals surface area contributed by atoms with Crippen LogP contribution < -0.4 is 0 Å². The molecule has 1 aliphatic rings. The van der Waals surface area contributed by atoms with Gasteiger partial charge in [0.1, 0.15) is 3.55 Å². The van der Waals surface area contributed by atoms with Gasteiger partial charge in [-0.25, -0.2) is 0 Å². The van der Waals surface area contributed by atoms with E-state index in [1.807, 2.05) is 6.34 Å². The fraction of sp³-hybridized carbons (Fsp3) is 0.833. The van der Waals surface area contributed by atoms with Crippen molar-refractivity contribution in [1.29, 1.82) is 0 Å². The molecule has 0 fully saturated rings. The molecular weight excluding hydrogens is 227 g/mol. The van der Waals surface area contributed by atoms with E-state index in [-0.39, 0.29) is 3.55 Å². The van der Waals surface area contributed by atoms with Crippen LogP contribution in [-0.4, -0.2) is 28.4 Å². The number of halogens is 1. The van der Waals surface area contributed by atoms with Crippen LogP contribution in [0.25, 0.3) is 0 Å². The van der Waals surface area contributed by atoms with Gasteiger partial charge in [0.2, 0.25) is 0 Å². The maximum Gasteiger partial charge on any atom is 0.130 e. The van der Waals surface area contributed by atoms with Crippen molar-refractivity contribution in [2.75, 3.05) is 13.6 Å². The van der Waals surface area contributed by atoms with Gasteiger partial charge in [0, 0.05) is 7.05 Å². The van der Waals surface area contributed by atoms with E-state index in [0.717, 1.165) is 13.0 Å². The second-order valence-corrected chi connectivity index (χ2v) is 4.44. The second-order valence-electron chi connectivity index (χ2n) is 2.43. The Morgan fingerprint density at radius 2 is 2.56 bits per heavy atom. The minimum atomic E-state index is 0.173. The van der Waals surface area contributed by atoms with Gasteiger partial charge in [-0.05, 0) is 6.42 Å². The lowest BCUT2D eigenvalue weighted by atomic mass is 10.2. The van der Waals surface area contributed by atoms with Gasteiger partial charge in [-0.3, -0.25) is 4.99 Å². The smallest absolute Gasteiger partial charge is 0.130 e. The quantitative estimate of drug-likeness (QED) is 0.384. The number of hydrogen-bond donors (Lipinski definition) is 0. The molecule has 0 saturated heterocycles. The number of likely N-dealkylation sites (N-methyl/N-ethyl adjacent to an activating group) is 1. The van der Waals surface area contributed by atoms with Crippen LogP contribution in [0.4, 0.5) is 0 Å². The average molecular weight is 238 g/mol. The molecule has 0 saturated carbocycles. The SMILES string of the molecule is CCC1(I)CN(C)C=N1. The summed E-state index contributed by atoms with van der Waals surface area (Å²) in [6.45, 7) is 3.23. The minimum Gasteiger partial charge on any atom is -0.363 e. The van der Waals surface area contributed by atoms with E-state index >= 15 is 0 Å². The summed E-state index contributed by atoms with van der Waals surface area (Å²) in [6, 6.07) is 0. The maximum atomic E-state index is 4.35. The first-order valence-electron chi connectivity index (χ1n) is 3.11. The van der Waals surface area contributed by atoms with Crippen LogP contribution in [-0.2, 0) is 0 Å². The van der Waals surface area contributed by atoms with Crippen molar-refractivity contribution >= 4 is 28.9 Å². The Kier molecular flexibility index (Phi) is 1.98. The van der Waals surface area contributed by atoms with Crippen LogP contribution >= 0.6 is 22.6 Å². The topological polar surface area (TPSA) is 15.6 Å². The second kappa shape index (κ2) is 2.44. The summed E-state index contributed by atoms with van der Waals surface area (Å²) >= 11 is 2.40. The number of aliphatic imine (C=N–C) groups is 1. The van der Waals surface area contributed by atoms with E-state index in [2.05, 4.69) is 46.5 Å². The number of alkyl halides is 1. The Bertz CT molecular complexity index is 135. The maximum absolute atomic E-state index is 4.35. The Balaban J connectivity index is 2.57. The van der Waals surface area contributed by atoms with Gasteiger partial charge in [-0.1, -0.05) is 29.5 Å². The molecule has 1 rings (SSSR count). The zero-order chi connectivity index (χ0) is 6.91. The summed E-state index contributed by atoms with van der Waals surface area (Å²) in [6.07, 6.45) is 3.03. The fourth-order valence-electron chi connectivity index (χ4n) is 0.869. The third-order valence-corrected chi connectivity index (χ3v) is 2.90. The van der Waals surface area contributed by atoms with Crippen molar-refractivity contribution < 1.29 is 0 Å². The fourth-order valence-corrected chi connectivity index (χ4v) is 1.53. The molecule has 0 aliphatic carbocycles. The summed E-state index contributed by atoms with van der Waals surface area (Å²) in [5.74, 6) is 0. The lowest BCUT2D eigenvalue weighted by Gasteiger charge is -2.16. The first kappa shape index (κ1) is 7.31. The average Bonchev–Trinajstić information content (AvgIpc) is 2.13. The summed E-state index contributed by atoms with van der Waals surface area (Å²) in [5, 5.41) is 0. The van der Waals surface area contributed by atoms with Gasteiger partial charge < -0.3 is 4.90 Å². The van der Waals surface area contributed by atoms with Gasteiger partial charge in [-0.15, -0.1) is 0 Å². The van der Waals surface area contributed by atoms with E-state index in [0.29, 0.717) is 0 Å². The molecule has 1 aliphatic heterocycles. The Morgan fingerprint density at radius 3 is 2.78 bits per heavy atom. The molecule has 0 N–H and O–H groups in total. The van der Waals surface area contributed by atoms with Gasteiger partial charge in [0.05, 0.1) is 12.9 Å². The highest BCUT2D eigenvalue weighted by molar-refractivity contribution is 14.1. The number of rotatable bonds is 1. The molecular formula is C6H11IN2. The highest BCUT2D eigenvalue weighted by Crippen LogP contribution is 2.28. The van der Waals surface area contributed by atoms with E-state index in [1.54, 1.807) is 0 Å². The normalized spacial score (nSPS) is 33.9. The molecule has 0 aromatic rings. The minimum absolute atomic E-state index is 0.173. The van der Waals surface area contributed by atoms with Crippen molar-refractivity contribution in [2.24, 2.45) is 4.99 Å². The van der Waals surface area contributed by atoms with Crippen LogP contribution in [0.2, 0.25) is 0 Å². The Morgan fingerprint density at radius 1 is 1.89 bits per heavy atom. The molecule has 1 heterocycles. The van der Waals surface area contributed by atoms with Crippen LogP contribution in [0.1, 0.15) is 13.3 Å².